The van der Waals surface area contributed by atoms with E-state index in [2.05, 4.69) is 15.0 Å². The van der Waals surface area contributed by atoms with Gasteiger partial charge in [-0.1, -0.05) is 0 Å². The highest BCUT2D eigenvalue weighted by molar-refractivity contribution is 5.94. The Balaban J connectivity index is 1.31. The van der Waals surface area contributed by atoms with Gasteiger partial charge in [-0.3, -0.25) is 4.79 Å². The number of pyridine rings is 1. The van der Waals surface area contributed by atoms with E-state index >= 15 is 0 Å². The van der Waals surface area contributed by atoms with Gasteiger partial charge >= 0.3 is 6.01 Å². The van der Waals surface area contributed by atoms with Crippen LogP contribution >= 0.6 is 0 Å². The maximum atomic E-state index is 12.7. The summed E-state index contributed by atoms with van der Waals surface area (Å²) in [6, 6.07) is 5.63. The van der Waals surface area contributed by atoms with Gasteiger partial charge in [0, 0.05) is 56.2 Å². The molecule has 1 aliphatic carbocycles. The molecule has 7 nitrogen and oxygen atoms in total. The molecule has 1 amide bonds. The van der Waals surface area contributed by atoms with Crippen LogP contribution in [0, 0.1) is 5.92 Å². The number of hydrogen-bond donors (Lipinski definition) is 0. The van der Waals surface area contributed by atoms with Crippen molar-refractivity contribution in [1.82, 2.24) is 19.9 Å². The molecular weight excluding hydrogens is 332 g/mol. The van der Waals surface area contributed by atoms with Crippen LogP contribution in [0.5, 0.6) is 11.9 Å². The Kier molecular flexibility index (Phi) is 4.95. The van der Waals surface area contributed by atoms with Crippen LogP contribution in [-0.2, 0) is 0 Å². The number of rotatable bonds is 6. The van der Waals surface area contributed by atoms with E-state index in [1.54, 1.807) is 36.8 Å². The molecule has 7 heteroatoms. The van der Waals surface area contributed by atoms with Crippen LogP contribution in [0.3, 0.4) is 0 Å². The summed E-state index contributed by atoms with van der Waals surface area (Å²) in [5, 5.41) is 0. The molecule has 4 rings (SSSR count). The van der Waals surface area contributed by atoms with Crippen molar-refractivity contribution in [1.29, 1.82) is 0 Å². The van der Waals surface area contributed by atoms with Crippen molar-refractivity contribution in [3.05, 3.63) is 42.4 Å². The molecule has 3 heterocycles. The first-order valence-electron chi connectivity index (χ1n) is 9.10. The monoisotopic (exact) mass is 354 g/mol. The number of ether oxygens (including phenoxy) is 2. The summed E-state index contributed by atoms with van der Waals surface area (Å²) in [4.78, 5) is 27.0. The van der Waals surface area contributed by atoms with Gasteiger partial charge < -0.3 is 14.4 Å². The molecule has 2 fully saturated rings. The summed E-state index contributed by atoms with van der Waals surface area (Å²) in [5.41, 5.74) is 0.622. The number of aromatic nitrogens is 3. The standard InChI is InChI=1S/C19H22N4O3/c24-18(15-4-9-20-17(12-15)25-13-14-2-3-14)23-10-5-16(6-11-23)26-19-21-7-1-8-22-19/h1,4,7-9,12,14,16H,2-3,5-6,10-11,13H2. The summed E-state index contributed by atoms with van der Waals surface area (Å²) in [6.07, 6.45) is 8.98. The van der Waals surface area contributed by atoms with Crippen LogP contribution in [0.25, 0.3) is 0 Å². The van der Waals surface area contributed by atoms with Gasteiger partial charge in [-0.15, -0.1) is 0 Å². The lowest BCUT2D eigenvalue weighted by molar-refractivity contribution is 0.0578. The Morgan fingerprint density at radius 1 is 1.08 bits per heavy atom. The zero-order valence-electron chi connectivity index (χ0n) is 14.6. The van der Waals surface area contributed by atoms with E-state index in [4.69, 9.17) is 9.47 Å². The molecule has 2 aromatic heterocycles. The summed E-state index contributed by atoms with van der Waals surface area (Å²) in [7, 11) is 0. The average Bonchev–Trinajstić information content (AvgIpc) is 3.52. The second kappa shape index (κ2) is 7.68. The van der Waals surface area contributed by atoms with Crippen LogP contribution in [0.4, 0.5) is 0 Å². The van der Waals surface area contributed by atoms with Crippen molar-refractivity contribution in [2.75, 3.05) is 19.7 Å². The van der Waals surface area contributed by atoms with Crippen LogP contribution in [0.1, 0.15) is 36.0 Å². The van der Waals surface area contributed by atoms with Crippen molar-refractivity contribution < 1.29 is 14.3 Å². The normalized spacial score (nSPS) is 17.8. The molecule has 26 heavy (non-hydrogen) atoms. The zero-order valence-corrected chi connectivity index (χ0v) is 14.6. The van der Waals surface area contributed by atoms with Gasteiger partial charge in [0.15, 0.2) is 0 Å². The molecule has 1 saturated heterocycles. The zero-order chi connectivity index (χ0) is 17.8. The average molecular weight is 354 g/mol. The third-order valence-electron chi connectivity index (χ3n) is 4.69. The summed E-state index contributed by atoms with van der Waals surface area (Å²) in [5.74, 6) is 1.20. The Bertz CT molecular complexity index is 743. The van der Waals surface area contributed by atoms with Gasteiger partial charge in [0.05, 0.1) is 6.61 Å². The number of amides is 1. The minimum absolute atomic E-state index is 0.0121. The predicted molar refractivity (Wildman–Crippen MR) is 94.0 cm³/mol. The second-order valence-electron chi connectivity index (χ2n) is 6.78. The third-order valence-corrected chi connectivity index (χ3v) is 4.69. The highest BCUT2D eigenvalue weighted by Crippen LogP contribution is 2.29. The SMILES string of the molecule is O=C(c1ccnc(OCC2CC2)c1)N1CCC(Oc2ncccn2)CC1. The summed E-state index contributed by atoms with van der Waals surface area (Å²) >= 11 is 0. The number of hydrogen-bond acceptors (Lipinski definition) is 6. The van der Waals surface area contributed by atoms with Crippen molar-refractivity contribution in [2.24, 2.45) is 5.92 Å². The maximum absolute atomic E-state index is 12.7. The number of nitrogens with zero attached hydrogens (tertiary/aromatic N) is 4. The van der Waals surface area contributed by atoms with E-state index in [1.165, 1.54) is 12.8 Å². The van der Waals surface area contributed by atoms with E-state index in [-0.39, 0.29) is 12.0 Å². The quantitative estimate of drug-likeness (QED) is 0.792. The van der Waals surface area contributed by atoms with E-state index in [0.717, 1.165) is 12.8 Å². The van der Waals surface area contributed by atoms with E-state index in [0.29, 0.717) is 43.1 Å². The lowest BCUT2D eigenvalue weighted by Gasteiger charge is -2.31. The largest absolute Gasteiger partial charge is 0.477 e. The first-order valence-corrected chi connectivity index (χ1v) is 9.10. The smallest absolute Gasteiger partial charge is 0.316 e. The van der Waals surface area contributed by atoms with Crippen LogP contribution < -0.4 is 9.47 Å². The molecule has 136 valence electrons. The van der Waals surface area contributed by atoms with Gasteiger partial charge in [0.1, 0.15) is 6.10 Å². The summed E-state index contributed by atoms with van der Waals surface area (Å²) in [6.45, 7) is 1.99. The van der Waals surface area contributed by atoms with Crippen LogP contribution in [-0.4, -0.2) is 51.6 Å². The number of piperidine rings is 1. The van der Waals surface area contributed by atoms with Crippen LogP contribution in [0.2, 0.25) is 0 Å². The molecule has 2 aliphatic rings. The minimum Gasteiger partial charge on any atom is -0.477 e. The van der Waals surface area contributed by atoms with Gasteiger partial charge in [0.25, 0.3) is 5.91 Å². The highest BCUT2D eigenvalue weighted by Gasteiger charge is 2.26. The Labute approximate surface area is 152 Å². The lowest BCUT2D eigenvalue weighted by Crippen LogP contribution is -2.42. The summed E-state index contributed by atoms with van der Waals surface area (Å²) < 4.78 is 11.5. The predicted octanol–water partition coefficient (Wildman–Crippen LogP) is 2.34. The van der Waals surface area contributed by atoms with E-state index in [1.807, 2.05) is 4.90 Å². The third kappa shape index (κ3) is 4.28. The van der Waals surface area contributed by atoms with E-state index < -0.39 is 0 Å². The molecule has 0 atom stereocenters. The van der Waals surface area contributed by atoms with Gasteiger partial charge in [-0.2, -0.15) is 0 Å². The van der Waals surface area contributed by atoms with Crippen molar-refractivity contribution >= 4 is 5.91 Å². The molecule has 0 N–H and O–H groups in total. The van der Waals surface area contributed by atoms with Gasteiger partial charge in [-0.05, 0) is 30.9 Å². The fourth-order valence-electron chi connectivity index (χ4n) is 2.96. The Morgan fingerprint density at radius 3 is 2.58 bits per heavy atom. The first kappa shape index (κ1) is 16.8. The second-order valence-corrected chi connectivity index (χ2v) is 6.78. The van der Waals surface area contributed by atoms with Crippen LogP contribution in [0.15, 0.2) is 36.8 Å². The number of carbonyl (C=O) groups is 1. The lowest BCUT2D eigenvalue weighted by atomic mass is 10.1. The Morgan fingerprint density at radius 2 is 1.85 bits per heavy atom. The highest BCUT2D eigenvalue weighted by atomic mass is 16.5. The fraction of sp³-hybridized carbons (Fsp3) is 0.474. The number of carbonyl (C=O) groups excluding carboxylic acids is 1. The Hall–Kier alpha value is -2.70. The molecule has 0 spiro atoms. The number of likely N-dealkylation sites (tertiary alicyclic amines) is 1. The maximum Gasteiger partial charge on any atom is 0.316 e. The van der Waals surface area contributed by atoms with E-state index in [9.17, 15) is 4.79 Å². The minimum atomic E-state index is 0.0121. The molecule has 1 aliphatic heterocycles. The fourth-order valence-corrected chi connectivity index (χ4v) is 2.96. The molecule has 2 aromatic rings. The van der Waals surface area contributed by atoms with Crippen molar-refractivity contribution in [3.63, 3.8) is 0 Å². The van der Waals surface area contributed by atoms with Gasteiger partial charge in [-0.25, -0.2) is 15.0 Å². The van der Waals surface area contributed by atoms with Crippen molar-refractivity contribution in [3.8, 4) is 11.9 Å². The molecule has 1 saturated carbocycles. The van der Waals surface area contributed by atoms with Crippen molar-refractivity contribution in [2.45, 2.75) is 31.8 Å². The molecular formula is C19H22N4O3. The molecule has 0 aromatic carbocycles. The topological polar surface area (TPSA) is 77.4 Å². The molecule has 0 radical (unpaired) electrons. The molecule has 0 bridgehead atoms. The van der Waals surface area contributed by atoms with Gasteiger partial charge in [0.2, 0.25) is 5.88 Å². The molecule has 0 unspecified atom stereocenters. The first-order chi connectivity index (χ1) is 12.8.